The molecular formula is C22H22ClFN4O3. The highest BCUT2D eigenvalue weighted by Gasteiger charge is 2.18. The lowest BCUT2D eigenvalue weighted by Gasteiger charge is -2.17. The molecule has 0 atom stereocenters. The van der Waals surface area contributed by atoms with Crippen LogP contribution in [0.25, 0.3) is 10.9 Å². The lowest BCUT2D eigenvalue weighted by molar-refractivity contribution is 0.269. The van der Waals surface area contributed by atoms with Gasteiger partial charge in [0.15, 0.2) is 11.5 Å². The summed E-state index contributed by atoms with van der Waals surface area (Å²) in [6.07, 6.45) is 2.21. The molecule has 0 aliphatic heterocycles. The maximum Gasteiger partial charge on any atom is 0.187 e. The first-order valence-electron chi connectivity index (χ1n) is 9.48. The van der Waals surface area contributed by atoms with Crippen LogP contribution in [0.1, 0.15) is 12.0 Å². The number of halogens is 2. The predicted octanol–water partition coefficient (Wildman–Crippen LogP) is 4.69. The molecule has 2 N–H and O–H groups in total. The monoisotopic (exact) mass is 444 g/mol. The van der Waals surface area contributed by atoms with E-state index < -0.39 is 5.82 Å². The van der Waals surface area contributed by atoms with Crippen LogP contribution in [0.2, 0.25) is 5.02 Å². The number of anilines is 2. The van der Waals surface area contributed by atoms with Crippen molar-refractivity contribution >= 4 is 33.9 Å². The smallest absolute Gasteiger partial charge is 0.187 e. The number of benzene rings is 2. The third kappa shape index (κ3) is 4.90. The summed E-state index contributed by atoms with van der Waals surface area (Å²) in [6.45, 7) is 1.38. The molecule has 0 aliphatic carbocycles. The van der Waals surface area contributed by atoms with Crippen LogP contribution in [-0.4, -0.2) is 49.3 Å². The Balaban J connectivity index is 2.03. The summed E-state index contributed by atoms with van der Waals surface area (Å²) in [5.41, 5.74) is 0.940. The molecule has 0 unspecified atom stereocenters. The molecule has 0 saturated carbocycles. The van der Waals surface area contributed by atoms with Crippen molar-refractivity contribution in [2.24, 2.45) is 0 Å². The van der Waals surface area contributed by atoms with Crippen LogP contribution < -0.4 is 14.8 Å². The van der Waals surface area contributed by atoms with Gasteiger partial charge in [0.25, 0.3) is 0 Å². The lowest BCUT2D eigenvalue weighted by atomic mass is 10.1. The molecule has 0 radical (unpaired) electrons. The molecule has 0 fully saturated rings. The van der Waals surface area contributed by atoms with Gasteiger partial charge in [-0.25, -0.2) is 4.39 Å². The third-order valence-corrected chi connectivity index (χ3v) is 4.89. The number of hydrogen-bond acceptors (Lipinski definition) is 7. The second-order valence-electron chi connectivity index (χ2n) is 7.07. The van der Waals surface area contributed by atoms with Gasteiger partial charge in [0.05, 0.1) is 35.7 Å². The van der Waals surface area contributed by atoms with E-state index in [9.17, 15) is 14.8 Å². The van der Waals surface area contributed by atoms with Gasteiger partial charge in [-0.3, -0.25) is 4.98 Å². The molecule has 1 heterocycles. The zero-order valence-corrected chi connectivity index (χ0v) is 18.1. The molecule has 0 aliphatic rings. The van der Waals surface area contributed by atoms with Crippen LogP contribution >= 0.6 is 11.6 Å². The van der Waals surface area contributed by atoms with Crippen molar-refractivity contribution in [3.05, 3.63) is 46.9 Å². The number of aromatic hydroxyl groups is 1. The average Bonchev–Trinajstić information content (AvgIpc) is 2.74. The Morgan fingerprint density at radius 1 is 1.32 bits per heavy atom. The molecule has 9 heteroatoms. The van der Waals surface area contributed by atoms with E-state index in [4.69, 9.17) is 21.1 Å². The van der Waals surface area contributed by atoms with E-state index in [0.717, 1.165) is 25.1 Å². The maximum absolute atomic E-state index is 14.4. The van der Waals surface area contributed by atoms with E-state index >= 15 is 0 Å². The molecule has 3 aromatic rings. The van der Waals surface area contributed by atoms with E-state index in [1.54, 1.807) is 12.1 Å². The van der Waals surface area contributed by atoms with E-state index in [1.807, 2.05) is 20.2 Å². The Morgan fingerprint density at radius 2 is 2.10 bits per heavy atom. The second kappa shape index (κ2) is 9.69. The lowest BCUT2D eigenvalue weighted by Crippen LogP contribution is -2.15. The first-order valence-corrected chi connectivity index (χ1v) is 9.85. The molecular weight excluding hydrogens is 423 g/mol. The van der Waals surface area contributed by atoms with Crippen LogP contribution in [0.5, 0.6) is 17.2 Å². The number of rotatable bonds is 8. The van der Waals surface area contributed by atoms with Gasteiger partial charge in [-0.2, -0.15) is 5.26 Å². The molecule has 3 rings (SSSR count). The summed E-state index contributed by atoms with van der Waals surface area (Å²) < 4.78 is 25.8. The first-order chi connectivity index (χ1) is 14.8. The Kier molecular flexibility index (Phi) is 7.00. The molecule has 162 valence electrons. The number of fused-ring (bicyclic) bond motifs is 1. The van der Waals surface area contributed by atoms with Crippen molar-refractivity contribution < 1.29 is 19.0 Å². The van der Waals surface area contributed by atoms with Crippen LogP contribution in [0.15, 0.2) is 30.5 Å². The van der Waals surface area contributed by atoms with Crippen LogP contribution in [0, 0.1) is 17.1 Å². The summed E-state index contributed by atoms with van der Waals surface area (Å²) in [4.78, 5) is 6.42. The number of aromatic nitrogens is 1. The number of pyridine rings is 1. The number of ether oxygens (including phenoxy) is 2. The van der Waals surface area contributed by atoms with Gasteiger partial charge in [0, 0.05) is 24.2 Å². The molecule has 0 bridgehead atoms. The third-order valence-electron chi connectivity index (χ3n) is 4.58. The van der Waals surface area contributed by atoms with E-state index in [0.29, 0.717) is 34.7 Å². The summed E-state index contributed by atoms with van der Waals surface area (Å²) in [6, 6.07) is 7.65. The summed E-state index contributed by atoms with van der Waals surface area (Å²) in [7, 11) is 5.49. The second-order valence-corrected chi connectivity index (χ2v) is 7.47. The number of nitrogens with zero attached hydrogens (tertiary/aromatic N) is 3. The summed E-state index contributed by atoms with van der Waals surface area (Å²) in [5, 5.41) is 22.7. The van der Waals surface area contributed by atoms with Crippen LogP contribution in [-0.2, 0) is 0 Å². The van der Waals surface area contributed by atoms with Crippen molar-refractivity contribution in [3.8, 4) is 23.3 Å². The standard InChI is InChI=1S/C22H22ClFN4O3/c1-28(2)7-4-8-31-19-6-5-14-20(13(11-25)12-26-21(14)22(19)30-3)27-17-10-18(29)15(23)9-16(17)24/h5-6,9-10,12,29H,4,7-8H2,1-3H3,(H,26,27). The van der Waals surface area contributed by atoms with Gasteiger partial charge in [-0.15, -0.1) is 0 Å². The van der Waals surface area contributed by atoms with Crippen molar-refractivity contribution in [2.75, 3.05) is 39.7 Å². The number of nitriles is 1. The minimum absolute atomic E-state index is 0.0334. The van der Waals surface area contributed by atoms with Crippen molar-refractivity contribution in [3.63, 3.8) is 0 Å². The summed E-state index contributed by atoms with van der Waals surface area (Å²) >= 11 is 5.76. The fraction of sp³-hybridized carbons (Fsp3) is 0.273. The van der Waals surface area contributed by atoms with Gasteiger partial charge < -0.3 is 24.8 Å². The fourth-order valence-corrected chi connectivity index (χ4v) is 3.23. The van der Waals surface area contributed by atoms with Gasteiger partial charge in [-0.05, 0) is 38.7 Å². The predicted molar refractivity (Wildman–Crippen MR) is 118 cm³/mol. The minimum Gasteiger partial charge on any atom is -0.506 e. The van der Waals surface area contributed by atoms with Crippen molar-refractivity contribution in [2.45, 2.75) is 6.42 Å². The topological polar surface area (TPSA) is 90.6 Å². The number of methoxy groups -OCH3 is 1. The van der Waals surface area contributed by atoms with Gasteiger partial charge >= 0.3 is 0 Å². The fourth-order valence-electron chi connectivity index (χ4n) is 3.08. The number of phenols is 1. The molecule has 1 aromatic heterocycles. The highest BCUT2D eigenvalue weighted by atomic mass is 35.5. The highest BCUT2D eigenvalue weighted by molar-refractivity contribution is 6.32. The first kappa shape index (κ1) is 22.4. The quantitative estimate of drug-likeness (QED) is 0.487. The molecule has 0 spiro atoms. The average molecular weight is 445 g/mol. The van der Waals surface area contributed by atoms with Gasteiger partial charge in [0.2, 0.25) is 0 Å². The highest BCUT2D eigenvalue weighted by Crippen LogP contribution is 2.40. The largest absolute Gasteiger partial charge is 0.506 e. The number of phenolic OH excluding ortho intramolecular Hbond substituents is 1. The zero-order chi connectivity index (χ0) is 22.5. The molecule has 0 amide bonds. The zero-order valence-electron chi connectivity index (χ0n) is 17.4. The molecule has 0 saturated heterocycles. The van der Waals surface area contributed by atoms with E-state index in [1.165, 1.54) is 13.3 Å². The van der Waals surface area contributed by atoms with Crippen LogP contribution in [0.4, 0.5) is 15.8 Å². The normalized spacial score (nSPS) is 10.9. The Hall–Kier alpha value is -3.28. The number of hydrogen-bond donors (Lipinski definition) is 2. The SMILES string of the molecule is COc1c(OCCCN(C)C)ccc2c(Nc3cc(O)c(Cl)cc3F)c(C#N)cnc12. The van der Waals surface area contributed by atoms with Gasteiger partial charge in [-0.1, -0.05) is 11.6 Å². The Morgan fingerprint density at radius 3 is 2.77 bits per heavy atom. The maximum atomic E-state index is 14.4. The molecule has 31 heavy (non-hydrogen) atoms. The Labute approximate surface area is 184 Å². The van der Waals surface area contributed by atoms with E-state index in [-0.39, 0.29) is 22.0 Å². The van der Waals surface area contributed by atoms with Gasteiger partial charge in [0.1, 0.15) is 23.2 Å². The number of nitrogens with one attached hydrogen (secondary N) is 1. The van der Waals surface area contributed by atoms with Crippen molar-refractivity contribution in [1.82, 2.24) is 9.88 Å². The Bertz CT molecular complexity index is 1150. The molecule has 2 aromatic carbocycles. The molecule has 7 nitrogen and oxygen atoms in total. The van der Waals surface area contributed by atoms with E-state index in [2.05, 4.69) is 15.2 Å². The summed E-state index contributed by atoms with van der Waals surface area (Å²) in [5.74, 6) is -0.0283. The van der Waals surface area contributed by atoms with Crippen LogP contribution in [0.3, 0.4) is 0 Å². The minimum atomic E-state index is -0.676. The van der Waals surface area contributed by atoms with Crippen molar-refractivity contribution in [1.29, 1.82) is 5.26 Å².